The van der Waals surface area contributed by atoms with Gasteiger partial charge in [0.2, 0.25) is 5.91 Å². The molecule has 1 unspecified atom stereocenters. The number of hydrogen-bond acceptors (Lipinski definition) is 3. The highest BCUT2D eigenvalue weighted by Crippen LogP contribution is 2.33. The molecule has 0 saturated carbocycles. The second kappa shape index (κ2) is 6.22. The Bertz CT molecular complexity index is 472. The number of aliphatic carboxylic acids is 1. The highest BCUT2D eigenvalue weighted by molar-refractivity contribution is 5.84. The van der Waals surface area contributed by atoms with Gasteiger partial charge in [0.05, 0.1) is 12.5 Å². The van der Waals surface area contributed by atoms with Crippen LogP contribution in [-0.2, 0) is 9.59 Å². The van der Waals surface area contributed by atoms with Gasteiger partial charge in [0.15, 0.2) is 0 Å². The first kappa shape index (κ1) is 13.4. The Morgan fingerprint density at radius 3 is 2.95 bits per heavy atom. The third-order valence-corrected chi connectivity index (χ3v) is 3.14. The molecule has 1 heterocycles. The summed E-state index contributed by atoms with van der Waals surface area (Å²) in [6, 6.07) is 7.53. The highest BCUT2D eigenvalue weighted by Gasteiger charge is 2.26. The van der Waals surface area contributed by atoms with Crippen molar-refractivity contribution in [3.05, 3.63) is 29.8 Å². The predicted octanol–water partition coefficient (Wildman–Crippen LogP) is 1.53. The van der Waals surface area contributed by atoms with Gasteiger partial charge >= 0.3 is 5.97 Å². The third kappa shape index (κ3) is 3.47. The van der Waals surface area contributed by atoms with Crippen molar-refractivity contribution in [1.29, 1.82) is 0 Å². The summed E-state index contributed by atoms with van der Waals surface area (Å²) in [6.07, 6.45) is 1.18. The first-order chi connectivity index (χ1) is 9.18. The van der Waals surface area contributed by atoms with Crippen molar-refractivity contribution < 1.29 is 19.4 Å². The molecule has 5 nitrogen and oxygen atoms in total. The van der Waals surface area contributed by atoms with E-state index in [1.54, 1.807) is 0 Å². The molecule has 5 heteroatoms. The van der Waals surface area contributed by atoms with Gasteiger partial charge in [-0.25, -0.2) is 0 Å². The molecular weight excluding hydrogens is 246 g/mol. The van der Waals surface area contributed by atoms with Crippen molar-refractivity contribution in [3.8, 4) is 5.75 Å². The quantitative estimate of drug-likeness (QED) is 0.790. The van der Waals surface area contributed by atoms with Crippen molar-refractivity contribution >= 4 is 11.9 Å². The Balaban J connectivity index is 1.92. The minimum absolute atomic E-state index is 0.0545. The molecule has 0 aromatic heterocycles. The van der Waals surface area contributed by atoms with Crippen molar-refractivity contribution in [1.82, 2.24) is 5.32 Å². The number of fused-ring (bicyclic) bond motifs is 1. The number of carbonyl (C=O) groups is 2. The van der Waals surface area contributed by atoms with Crippen LogP contribution in [0.3, 0.4) is 0 Å². The Labute approximate surface area is 111 Å². The van der Waals surface area contributed by atoms with E-state index in [9.17, 15) is 9.59 Å². The van der Waals surface area contributed by atoms with Crippen LogP contribution >= 0.6 is 0 Å². The van der Waals surface area contributed by atoms with Crippen LogP contribution in [0.2, 0.25) is 0 Å². The summed E-state index contributed by atoms with van der Waals surface area (Å²) in [5.41, 5.74) is 0.907. The Morgan fingerprint density at radius 1 is 1.37 bits per heavy atom. The molecular formula is C14H17NO4. The van der Waals surface area contributed by atoms with Gasteiger partial charge in [-0.3, -0.25) is 9.59 Å². The molecule has 2 N–H and O–H groups in total. The summed E-state index contributed by atoms with van der Waals surface area (Å²) in [6.45, 7) is 0.925. The van der Waals surface area contributed by atoms with Crippen LogP contribution in [0.25, 0.3) is 0 Å². The minimum Gasteiger partial charge on any atom is -0.493 e. The molecule has 1 amide bonds. The number of carbonyl (C=O) groups excluding carboxylic acids is 1. The lowest BCUT2D eigenvalue weighted by Crippen LogP contribution is -2.33. The van der Waals surface area contributed by atoms with Crippen LogP contribution in [0.1, 0.15) is 30.7 Å². The smallest absolute Gasteiger partial charge is 0.303 e. The van der Waals surface area contributed by atoms with Crippen LogP contribution in [0, 0.1) is 0 Å². The van der Waals surface area contributed by atoms with Gasteiger partial charge in [-0.15, -0.1) is 0 Å². The molecule has 19 heavy (non-hydrogen) atoms. The van der Waals surface area contributed by atoms with Crippen LogP contribution < -0.4 is 10.1 Å². The van der Waals surface area contributed by atoms with Crippen molar-refractivity contribution in [2.45, 2.75) is 25.2 Å². The summed E-state index contributed by atoms with van der Waals surface area (Å²) in [4.78, 5) is 22.5. The van der Waals surface area contributed by atoms with E-state index in [2.05, 4.69) is 5.32 Å². The van der Waals surface area contributed by atoms with E-state index in [-0.39, 0.29) is 18.2 Å². The molecule has 0 bridgehead atoms. The monoisotopic (exact) mass is 263 g/mol. The van der Waals surface area contributed by atoms with Gasteiger partial charge in [0.25, 0.3) is 0 Å². The molecule has 0 aliphatic carbocycles. The lowest BCUT2D eigenvalue weighted by Gasteiger charge is -2.25. The van der Waals surface area contributed by atoms with Crippen LogP contribution in [0.4, 0.5) is 0 Å². The number of benzene rings is 1. The SMILES string of the molecule is O=C(O)CCCNC(=O)C1CCOc2ccccc21. The lowest BCUT2D eigenvalue weighted by atomic mass is 9.92. The van der Waals surface area contributed by atoms with E-state index < -0.39 is 5.97 Å². The molecule has 1 aromatic rings. The van der Waals surface area contributed by atoms with Gasteiger partial charge in [0, 0.05) is 18.5 Å². The molecule has 0 radical (unpaired) electrons. The van der Waals surface area contributed by atoms with Crippen molar-refractivity contribution in [2.24, 2.45) is 0 Å². The summed E-state index contributed by atoms with van der Waals surface area (Å²) < 4.78 is 5.50. The molecule has 102 valence electrons. The number of rotatable bonds is 5. The standard InChI is InChI=1S/C14H17NO4/c16-13(17)6-3-8-15-14(18)11-7-9-19-12-5-2-1-4-10(11)12/h1-2,4-5,11H,3,6-9H2,(H,15,18)(H,16,17). The molecule has 1 atom stereocenters. The molecule has 2 rings (SSSR count). The van der Waals surface area contributed by atoms with E-state index in [0.717, 1.165) is 11.3 Å². The molecule has 0 spiro atoms. The molecule has 0 fully saturated rings. The van der Waals surface area contributed by atoms with Crippen LogP contribution in [0.5, 0.6) is 5.75 Å². The number of hydrogen-bond donors (Lipinski definition) is 2. The zero-order valence-corrected chi connectivity index (χ0v) is 10.6. The summed E-state index contributed by atoms with van der Waals surface area (Å²) in [7, 11) is 0. The normalized spacial score (nSPS) is 17.2. The van der Waals surface area contributed by atoms with Gasteiger partial charge in [-0.05, 0) is 18.9 Å². The third-order valence-electron chi connectivity index (χ3n) is 3.14. The zero-order valence-electron chi connectivity index (χ0n) is 10.6. The van der Waals surface area contributed by atoms with E-state index >= 15 is 0 Å². The van der Waals surface area contributed by atoms with Crippen molar-refractivity contribution in [2.75, 3.05) is 13.2 Å². The van der Waals surface area contributed by atoms with E-state index in [0.29, 0.717) is 26.0 Å². The maximum Gasteiger partial charge on any atom is 0.303 e. The fraction of sp³-hybridized carbons (Fsp3) is 0.429. The minimum atomic E-state index is -0.842. The Kier molecular flexibility index (Phi) is 4.39. The first-order valence-electron chi connectivity index (χ1n) is 6.39. The fourth-order valence-electron chi connectivity index (χ4n) is 2.19. The summed E-state index contributed by atoms with van der Waals surface area (Å²) in [5, 5.41) is 11.3. The molecule has 1 aromatic carbocycles. The molecule has 1 aliphatic rings. The number of nitrogens with one attached hydrogen (secondary N) is 1. The Hall–Kier alpha value is -2.04. The number of ether oxygens (including phenoxy) is 1. The number of amides is 1. The van der Waals surface area contributed by atoms with Gasteiger partial charge in [-0.1, -0.05) is 18.2 Å². The second-order valence-electron chi connectivity index (χ2n) is 4.52. The maximum atomic E-state index is 12.1. The van der Waals surface area contributed by atoms with Crippen LogP contribution in [0.15, 0.2) is 24.3 Å². The van der Waals surface area contributed by atoms with Gasteiger partial charge in [-0.2, -0.15) is 0 Å². The number of carboxylic acids is 1. The van der Waals surface area contributed by atoms with Gasteiger partial charge < -0.3 is 15.2 Å². The highest BCUT2D eigenvalue weighted by atomic mass is 16.5. The Morgan fingerprint density at radius 2 is 2.16 bits per heavy atom. The fourth-order valence-corrected chi connectivity index (χ4v) is 2.19. The number of carboxylic acid groups (broad SMARTS) is 1. The van der Waals surface area contributed by atoms with Crippen molar-refractivity contribution in [3.63, 3.8) is 0 Å². The van der Waals surface area contributed by atoms with E-state index in [1.807, 2.05) is 24.3 Å². The second-order valence-corrected chi connectivity index (χ2v) is 4.52. The maximum absolute atomic E-state index is 12.1. The first-order valence-corrected chi connectivity index (χ1v) is 6.39. The van der Waals surface area contributed by atoms with E-state index in [1.165, 1.54) is 0 Å². The topological polar surface area (TPSA) is 75.6 Å². The summed E-state index contributed by atoms with van der Waals surface area (Å²) >= 11 is 0. The van der Waals surface area contributed by atoms with Gasteiger partial charge in [0.1, 0.15) is 5.75 Å². The number of para-hydroxylation sites is 1. The largest absolute Gasteiger partial charge is 0.493 e. The molecule has 0 saturated heterocycles. The lowest BCUT2D eigenvalue weighted by molar-refractivity contribution is -0.137. The summed E-state index contributed by atoms with van der Waals surface area (Å²) in [5.74, 6) is -0.332. The predicted molar refractivity (Wildman–Crippen MR) is 69.2 cm³/mol. The average molecular weight is 263 g/mol. The zero-order chi connectivity index (χ0) is 13.7. The molecule has 1 aliphatic heterocycles. The van der Waals surface area contributed by atoms with E-state index in [4.69, 9.17) is 9.84 Å². The average Bonchev–Trinajstić information content (AvgIpc) is 2.42. The van der Waals surface area contributed by atoms with Crippen LogP contribution in [-0.4, -0.2) is 30.1 Å².